The van der Waals surface area contributed by atoms with Gasteiger partial charge in [-0.2, -0.15) is 0 Å². The van der Waals surface area contributed by atoms with Crippen LogP contribution < -0.4 is 0 Å². The summed E-state index contributed by atoms with van der Waals surface area (Å²) in [6, 6.07) is 0. The van der Waals surface area contributed by atoms with Crippen molar-refractivity contribution >= 4 is 0 Å². The van der Waals surface area contributed by atoms with E-state index in [-0.39, 0.29) is 12.7 Å². The average Bonchev–Trinajstić information content (AvgIpc) is 2.85. The molecule has 34 heavy (non-hydrogen) atoms. The van der Waals surface area contributed by atoms with Gasteiger partial charge in [-0.05, 0) is 36.3 Å². The number of hydrogen-bond donors (Lipinski definition) is 1. The van der Waals surface area contributed by atoms with E-state index < -0.39 is 0 Å². The summed E-state index contributed by atoms with van der Waals surface area (Å²) < 4.78 is 38.1. The molecule has 0 bridgehead atoms. The molecule has 0 aliphatic heterocycles. The van der Waals surface area contributed by atoms with Gasteiger partial charge in [-0.15, -0.1) is 0 Å². The Kier molecular flexibility index (Phi) is 27.9. The molecule has 0 aromatic rings. The predicted octanol–water partition coefficient (Wildman–Crippen LogP) is 2.62. The second kappa shape index (κ2) is 29.4. The van der Waals surface area contributed by atoms with E-state index >= 15 is 0 Å². The lowest BCUT2D eigenvalue weighted by Crippen LogP contribution is -2.16. The summed E-state index contributed by atoms with van der Waals surface area (Å²) in [6.45, 7) is 12.0. The third kappa shape index (κ3) is 26.6. The first kappa shape index (κ1) is 32.3. The Morgan fingerprint density at radius 1 is 0.676 bits per heavy atom. The van der Waals surface area contributed by atoms with Crippen molar-refractivity contribution in [1.29, 1.82) is 0 Å². The molecule has 1 atom stereocenters. The van der Waals surface area contributed by atoms with E-state index in [1.165, 1.54) is 0 Å². The van der Waals surface area contributed by atoms with Crippen LogP contribution in [0.5, 0.6) is 0 Å². The predicted molar refractivity (Wildman–Crippen MR) is 129 cm³/mol. The normalized spacial score (nSPS) is 11.1. The van der Waals surface area contributed by atoms with E-state index in [1.807, 2.05) is 6.08 Å². The smallest absolute Gasteiger partial charge is 0.0837 e. The maximum atomic E-state index is 8.56. The van der Waals surface area contributed by atoms with E-state index in [0.29, 0.717) is 85.9 Å². The Bertz CT molecular complexity index is 621. The molecule has 0 aliphatic rings. The molecule has 8 heteroatoms. The molecule has 0 aromatic heterocycles. The van der Waals surface area contributed by atoms with Crippen molar-refractivity contribution in [2.75, 3.05) is 92.5 Å². The van der Waals surface area contributed by atoms with E-state index in [9.17, 15) is 0 Å². The van der Waals surface area contributed by atoms with E-state index in [0.717, 1.165) is 19.3 Å². The number of unbranched alkanes of at least 4 members (excludes halogenated alkanes) is 1. The molecular weight excluding hydrogens is 440 g/mol. The van der Waals surface area contributed by atoms with Gasteiger partial charge in [0.15, 0.2) is 0 Å². The van der Waals surface area contributed by atoms with Crippen LogP contribution >= 0.6 is 0 Å². The number of aliphatic hydroxyl groups excluding tert-OH is 1. The second-order valence-corrected chi connectivity index (χ2v) is 6.81. The van der Waals surface area contributed by atoms with E-state index in [4.69, 9.17) is 38.3 Å². The largest absolute Gasteiger partial charge is 0.394 e. The minimum atomic E-state index is -0.0209. The zero-order valence-corrected chi connectivity index (χ0v) is 20.7. The Morgan fingerprint density at radius 2 is 1.15 bits per heavy atom. The molecule has 0 fully saturated rings. The number of aliphatic hydroxyl groups is 1. The van der Waals surface area contributed by atoms with Gasteiger partial charge in [0, 0.05) is 0 Å². The van der Waals surface area contributed by atoms with Crippen LogP contribution in [0.3, 0.4) is 0 Å². The van der Waals surface area contributed by atoms with Gasteiger partial charge >= 0.3 is 0 Å². The van der Waals surface area contributed by atoms with Crippen molar-refractivity contribution in [1.82, 2.24) is 0 Å². The van der Waals surface area contributed by atoms with Crippen molar-refractivity contribution in [2.24, 2.45) is 0 Å². The quantitative estimate of drug-likeness (QED) is 0.157. The highest BCUT2D eigenvalue weighted by Gasteiger charge is 2.04. The summed E-state index contributed by atoms with van der Waals surface area (Å²) in [5, 5.41) is 8.56. The van der Waals surface area contributed by atoms with Gasteiger partial charge < -0.3 is 38.3 Å². The Labute approximate surface area is 204 Å². The van der Waals surface area contributed by atoms with Crippen LogP contribution in [0.15, 0.2) is 41.3 Å². The molecule has 0 aliphatic carbocycles. The number of hydrogen-bond acceptors (Lipinski definition) is 8. The fraction of sp³-hybridized carbons (Fsp3) is 0.731. The maximum absolute atomic E-state index is 8.56. The van der Waals surface area contributed by atoms with Gasteiger partial charge in [0.2, 0.25) is 0 Å². The monoisotopic (exact) mass is 482 g/mol. The fourth-order valence-electron chi connectivity index (χ4n) is 2.39. The molecule has 0 saturated carbocycles. The first-order chi connectivity index (χ1) is 16.8. The minimum Gasteiger partial charge on any atom is -0.394 e. The van der Waals surface area contributed by atoms with Gasteiger partial charge in [-0.25, -0.2) is 0 Å². The lowest BCUT2D eigenvalue weighted by Gasteiger charge is -2.13. The lowest BCUT2D eigenvalue weighted by atomic mass is 10.1. The molecule has 0 heterocycles. The Morgan fingerprint density at radius 3 is 1.59 bits per heavy atom. The Balaban J connectivity index is 3.48. The van der Waals surface area contributed by atoms with E-state index in [1.54, 1.807) is 0 Å². The lowest BCUT2D eigenvalue weighted by molar-refractivity contribution is -0.0243. The summed E-state index contributed by atoms with van der Waals surface area (Å²) in [7, 11) is 0. The number of rotatable bonds is 25. The molecule has 0 saturated heterocycles. The van der Waals surface area contributed by atoms with Gasteiger partial charge in [-0.3, -0.25) is 0 Å². The Hall–Kier alpha value is -1.68. The summed E-state index contributed by atoms with van der Waals surface area (Å²) in [4.78, 5) is 0. The van der Waals surface area contributed by atoms with Gasteiger partial charge in [-0.1, -0.05) is 31.2 Å². The van der Waals surface area contributed by atoms with Crippen molar-refractivity contribution in [3.05, 3.63) is 41.3 Å². The standard InChI is InChI=1S/C26H42O8/c1-3-5-7-8-9-11-26(10-6-4-2)34-25-24-33-23-22-32-21-20-31-19-18-30-17-16-29-15-14-28-13-12-27/h11,26-27H,1,4,6,10,12-25H2,2H3. The first-order valence-corrected chi connectivity index (χ1v) is 11.9. The van der Waals surface area contributed by atoms with Gasteiger partial charge in [0.1, 0.15) is 0 Å². The molecule has 1 unspecified atom stereocenters. The third-order valence-corrected chi connectivity index (χ3v) is 4.05. The molecule has 0 radical (unpaired) electrons. The maximum Gasteiger partial charge on any atom is 0.0837 e. The zero-order valence-electron chi connectivity index (χ0n) is 20.7. The van der Waals surface area contributed by atoms with E-state index in [2.05, 4.69) is 42.2 Å². The fourth-order valence-corrected chi connectivity index (χ4v) is 2.39. The van der Waals surface area contributed by atoms with Crippen LogP contribution in [-0.4, -0.2) is 104 Å². The van der Waals surface area contributed by atoms with Crippen molar-refractivity contribution in [3.8, 4) is 0 Å². The van der Waals surface area contributed by atoms with Crippen LogP contribution in [0.2, 0.25) is 0 Å². The van der Waals surface area contributed by atoms with Gasteiger partial charge in [0.25, 0.3) is 0 Å². The zero-order chi connectivity index (χ0) is 24.8. The highest BCUT2D eigenvalue weighted by atomic mass is 16.6. The van der Waals surface area contributed by atoms with Gasteiger partial charge in [0.05, 0.1) is 98.6 Å². The molecule has 0 spiro atoms. The second-order valence-electron chi connectivity index (χ2n) is 6.81. The van der Waals surface area contributed by atoms with Crippen LogP contribution in [-0.2, 0) is 33.2 Å². The molecule has 1 N–H and O–H groups in total. The summed E-state index contributed by atoms with van der Waals surface area (Å²) >= 11 is 0. The molecule has 8 nitrogen and oxygen atoms in total. The molecule has 0 rings (SSSR count). The molecule has 194 valence electrons. The molecule has 0 amide bonds. The average molecular weight is 483 g/mol. The van der Waals surface area contributed by atoms with Crippen molar-refractivity contribution in [2.45, 2.75) is 32.3 Å². The first-order valence-electron chi connectivity index (χ1n) is 11.9. The SMILES string of the molecule is C=C=C=C=C=C=CC(CCCC)OCCOCCOCCOCCOCCOCCOCCO. The number of ether oxygens (including phenoxy) is 7. The minimum absolute atomic E-state index is 0.0209. The highest BCUT2D eigenvalue weighted by molar-refractivity contribution is 4.92. The summed E-state index contributed by atoms with van der Waals surface area (Å²) in [6.07, 6.45) is 4.93. The van der Waals surface area contributed by atoms with Crippen molar-refractivity contribution < 1.29 is 38.3 Å². The van der Waals surface area contributed by atoms with Crippen LogP contribution in [0.4, 0.5) is 0 Å². The molecule has 0 aromatic carbocycles. The summed E-state index contributed by atoms with van der Waals surface area (Å²) in [5.41, 5.74) is 13.3. The van der Waals surface area contributed by atoms with Crippen molar-refractivity contribution in [3.63, 3.8) is 0 Å². The third-order valence-electron chi connectivity index (χ3n) is 4.05. The van der Waals surface area contributed by atoms with Crippen LogP contribution in [0.1, 0.15) is 26.2 Å². The van der Waals surface area contributed by atoms with Crippen LogP contribution in [0.25, 0.3) is 0 Å². The highest BCUT2D eigenvalue weighted by Crippen LogP contribution is 2.06. The molecular formula is C26H42O8. The topological polar surface area (TPSA) is 84.8 Å². The van der Waals surface area contributed by atoms with Crippen LogP contribution in [0, 0.1) is 0 Å². The summed E-state index contributed by atoms with van der Waals surface area (Å²) in [5.74, 6) is 0.